The molecule has 7 heteroatoms. The largest absolute Gasteiger partial charge is 0.444 e. The molecule has 2 amide bonds. The summed E-state index contributed by atoms with van der Waals surface area (Å²) in [6, 6.07) is 4.81. The van der Waals surface area contributed by atoms with E-state index in [9.17, 15) is 14.0 Å². The Morgan fingerprint density at radius 2 is 1.63 bits per heavy atom. The Morgan fingerprint density at radius 3 is 2.11 bits per heavy atom. The van der Waals surface area contributed by atoms with Gasteiger partial charge >= 0.3 is 12.2 Å². The summed E-state index contributed by atoms with van der Waals surface area (Å²) in [5, 5.41) is 2.76. The van der Waals surface area contributed by atoms with E-state index in [1.54, 1.807) is 60.6 Å². The van der Waals surface area contributed by atoms with Crippen LogP contribution in [-0.2, 0) is 15.0 Å². The lowest BCUT2D eigenvalue weighted by molar-refractivity contribution is -0.0238. The van der Waals surface area contributed by atoms with Crippen molar-refractivity contribution in [3.05, 3.63) is 35.1 Å². The van der Waals surface area contributed by atoms with Crippen molar-refractivity contribution in [1.29, 1.82) is 0 Å². The van der Waals surface area contributed by atoms with Gasteiger partial charge in [0.25, 0.3) is 0 Å². The van der Waals surface area contributed by atoms with Crippen molar-refractivity contribution < 1.29 is 23.5 Å². The molecule has 150 valence electrons. The van der Waals surface area contributed by atoms with Crippen molar-refractivity contribution >= 4 is 12.2 Å². The number of halogens is 1. The third-order valence-electron chi connectivity index (χ3n) is 3.95. The molecular weight excluding hydrogens is 351 g/mol. The van der Waals surface area contributed by atoms with Crippen molar-refractivity contribution in [2.75, 3.05) is 13.1 Å². The van der Waals surface area contributed by atoms with Crippen LogP contribution in [0.3, 0.4) is 0 Å². The van der Waals surface area contributed by atoms with Gasteiger partial charge in [0.15, 0.2) is 0 Å². The topological polar surface area (TPSA) is 67.9 Å². The Bertz CT molecular complexity index is 728. The number of benzene rings is 1. The quantitative estimate of drug-likeness (QED) is 0.839. The minimum Gasteiger partial charge on any atom is -0.444 e. The predicted octanol–water partition coefficient (Wildman–Crippen LogP) is 4.10. The van der Waals surface area contributed by atoms with Gasteiger partial charge in [-0.25, -0.2) is 14.0 Å². The Balaban J connectivity index is 2.24. The van der Waals surface area contributed by atoms with Gasteiger partial charge in [0.1, 0.15) is 22.6 Å². The Labute approximate surface area is 160 Å². The van der Waals surface area contributed by atoms with E-state index in [0.29, 0.717) is 5.56 Å². The summed E-state index contributed by atoms with van der Waals surface area (Å²) in [5.41, 5.74) is -1.29. The molecule has 0 aliphatic carbocycles. The normalized spacial score (nSPS) is 16.4. The van der Waals surface area contributed by atoms with Crippen LogP contribution in [0.2, 0.25) is 0 Å². The maximum atomic E-state index is 14.6. The van der Waals surface area contributed by atoms with Gasteiger partial charge in [0.2, 0.25) is 0 Å². The van der Waals surface area contributed by atoms with Gasteiger partial charge in [-0.1, -0.05) is 12.1 Å². The Kier molecular flexibility index (Phi) is 5.46. The fourth-order valence-electron chi connectivity index (χ4n) is 2.88. The molecule has 1 heterocycles. The van der Waals surface area contributed by atoms with Gasteiger partial charge in [0, 0.05) is 5.56 Å². The van der Waals surface area contributed by atoms with Crippen LogP contribution < -0.4 is 5.32 Å². The highest BCUT2D eigenvalue weighted by Crippen LogP contribution is 2.35. The van der Waals surface area contributed by atoms with Crippen LogP contribution in [0.4, 0.5) is 14.0 Å². The van der Waals surface area contributed by atoms with Gasteiger partial charge < -0.3 is 19.7 Å². The Hall–Kier alpha value is -2.31. The zero-order valence-corrected chi connectivity index (χ0v) is 17.1. The molecule has 0 radical (unpaired) electrons. The smallest absolute Gasteiger partial charge is 0.410 e. The number of aryl methyl sites for hydroxylation is 1. The molecule has 1 aromatic rings. The second kappa shape index (κ2) is 7.02. The number of nitrogens with one attached hydrogen (secondary N) is 1. The highest BCUT2D eigenvalue weighted by molar-refractivity contribution is 5.73. The number of hydrogen-bond donors (Lipinski definition) is 1. The van der Waals surface area contributed by atoms with Crippen LogP contribution in [0.15, 0.2) is 18.2 Å². The first-order valence-corrected chi connectivity index (χ1v) is 8.96. The first-order chi connectivity index (χ1) is 12.2. The first kappa shape index (κ1) is 21.0. The highest BCUT2D eigenvalue weighted by Gasteiger charge is 2.50. The molecule has 1 aromatic carbocycles. The van der Waals surface area contributed by atoms with Crippen molar-refractivity contribution in [2.45, 2.75) is 65.2 Å². The van der Waals surface area contributed by atoms with Gasteiger partial charge in [-0.2, -0.15) is 0 Å². The predicted molar refractivity (Wildman–Crippen MR) is 100.0 cm³/mol. The van der Waals surface area contributed by atoms with Crippen LogP contribution in [0.5, 0.6) is 0 Å². The number of hydrogen-bond acceptors (Lipinski definition) is 4. The number of alkyl carbamates (subject to hydrolysis) is 1. The SMILES string of the molecule is Cc1ccc(C2(NC(=O)OC(C)(C)C)CN(C(=O)OC(C)(C)C)C2)c(F)c1. The number of carbonyl (C=O) groups excluding carboxylic acids is 2. The molecule has 0 unspecified atom stereocenters. The molecule has 1 aliphatic rings. The summed E-state index contributed by atoms with van der Waals surface area (Å²) in [5.74, 6) is -0.435. The lowest BCUT2D eigenvalue weighted by atomic mass is 9.82. The summed E-state index contributed by atoms with van der Waals surface area (Å²) in [6.45, 7) is 12.6. The number of amides is 2. The van der Waals surface area contributed by atoms with E-state index in [-0.39, 0.29) is 13.1 Å². The molecule has 1 N–H and O–H groups in total. The monoisotopic (exact) mass is 380 g/mol. The number of nitrogens with zero attached hydrogens (tertiary/aromatic N) is 1. The van der Waals surface area contributed by atoms with Gasteiger partial charge in [-0.15, -0.1) is 0 Å². The molecule has 0 bridgehead atoms. The molecule has 27 heavy (non-hydrogen) atoms. The molecule has 6 nitrogen and oxygen atoms in total. The third kappa shape index (κ3) is 5.34. The van der Waals surface area contributed by atoms with Crippen LogP contribution in [0.1, 0.15) is 52.7 Å². The first-order valence-electron chi connectivity index (χ1n) is 8.96. The lowest BCUT2D eigenvalue weighted by Gasteiger charge is -2.50. The minimum absolute atomic E-state index is 0.0984. The van der Waals surface area contributed by atoms with E-state index >= 15 is 0 Å². The number of ether oxygens (including phenoxy) is 2. The van der Waals surface area contributed by atoms with Crippen LogP contribution in [0, 0.1) is 12.7 Å². The molecular formula is C20H29FN2O4. The summed E-state index contributed by atoms with van der Waals surface area (Å²) in [6.07, 6.45) is -1.16. The molecule has 1 saturated heterocycles. The molecule has 2 rings (SSSR count). The van der Waals surface area contributed by atoms with Crippen molar-refractivity contribution in [1.82, 2.24) is 10.2 Å². The van der Waals surface area contributed by atoms with E-state index in [1.165, 1.54) is 11.0 Å². The summed E-state index contributed by atoms with van der Waals surface area (Å²) in [4.78, 5) is 26.0. The third-order valence-corrected chi connectivity index (χ3v) is 3.95. The zero-order valence-electron chi connectivity index (χ0n) is 17.1. The Morgan fingerprint density at radius 1 is 1.07 bits per heavy atom. The fourth-order valence-corrected chi connectivity index (χ4v) is 2.88. The number of rotatable bonds is 2. The summed E-state index contributed by atoms with van der Waals surface area (Å²) in [7, 11) is 0. The molecule has 0 spiro atoms. The minimum atomic E-state index is -1.06. The average molecular weight is 380 g/mol. The van der Waals surface area contributed by atoms with Crippen LogP contribution in [0.25, 0.3) is 0 Å². The number of carbonyl (C=O) groups is 2. The van der Waals surface area contributed by atoms with Gasteiger partial charge in [-0.3, -0.25) is 0 Å². The number of likely N-dealkylation sites (tertiary alicyclic amines) is 1. The summed E-state index contributed by atoms with van der Waals surface area (Å²) >= 11 is 0. The van der Waals surface area contributed by atoms with Crippen molar-refractivity contribution in [3.8, 4) is 0 Å². The lowest BCUT2D eigenvalue weighted by Crippen LogP contribution is -2.69. The maximum Gasteiger partial charge on any atom is 0.410 e. The second-order valence-electron chi connectivity index (χ2n) is 9.03. The second-order valence-corrected chi connectivity index (χ2v) is 9.03. The van der Waals surface area contributed by atoms with Crippen LogP contribution in [-0.4, -0.2) is 41.4 Å². The molecule has 1 aliphatic heterocycles. The van der Waals surface area contributed by atoms with E-state index in [0.717, 1.165) is 5.56 Å². The summed E-state index contributed by atoms with van der Waals surface area (Å²) < 4.78 is 25.3. The standard InChI is InChI=1S/C20H29FN2O4/c1-13-8-9-14(15(21)10-13)20(22-16(24)26-18(2,3)4)11-23(12-20)17(25)27-19(5,6)7/h8-10H,11-12H2,1-7H3,(H,22,24). The zero-order chi connectivity index (χ0) is 20.6. The van der Waals surface area contributed by atoms with Gasteiger partial charge in [-0.05, 0) is 60.1 Å². The average Bonchev–Trinajstić information content (AvgIpc) is 2.38. The van der Waals surface area contributed by atoms with Crippen molar-refractivity contribution in [3.63, 3.8) is 0 Å². The van der Waals surface area contributed by atoms with Crippen LogP contribution >= 0.6 is 0 Å². The van der Waals surface area contributed by atoms with E-state index in [4.69, 9.17) is 9.47 Å². The van der Waals surface area contributed by atoms with Gasteiger partial charge in [0.05, 0.1) is 13.1 Å². The molecule has 0 saturated carbocycles. The van der Waals surface area contributed by atoms with E-state index < -0.39 is 34.7 Å². The maximum absolute atomic E-state index is 14.6. The van der Waals surface area contributed by atoms with E-state index in [1.807, 2.05) is 0 Å². The van der Waals surface area contributed by atoms with Crippen molar-refractivity contribution in [2.24, 2.45) is 0 Å². The van der Waals surface area contributed by atoms with E-state index in [2.05, 4.69) is 5.32 Å². The fraction of sp³-hybridized carbons (Fsp3) is 0.600. The highest BCUT2D eigenvalue weighted by atomic mass is 19.1. The molecule has 1 fully saturated rings. The molecule has 0 aromatic heterocycles. The molecule has 0 atom stereocenters.